The van der Waals surface area contributed by atoms with Crippen molar-refractivity contribution in [2.24, 2.45) is 5.10 Å². The predicted molar refractivity (Wildman–Crippen MR) is 112 cm³/mol. The minimum absolute atomic E-state index is 0.501. The highest BCUT2D eigenvalue weighted by Gasteiger charge is 2.12. The molecule has 2 rings (SSSR count). The van der Waals surface area contributed by atoms with Crippen molar-refractivity contribution in [2.45, 2.75) is 26.8 Å². The number of nitrogens with zero attached hydrogens (tertiary/aromatic N) is 1. The van der Waals surface area contributed by atoms with Crippen molar-refractivity contribution in [3.8, 4) is 23.0 Å². The molecule has 0 aliphatic rings. The van der Waals surface area contributed by atoms with E-state index in [1.54, 1.807) is 26.5 Å². The van der Waals surface area contributed by atoms with Crippen molar-refractivity contribution in [3.63, 3.8) is 0 Å². The van der Waals surface area contributed by atoms with Gasteiger partial charge in [-0.1, -0.05) is 24.6 Å². The van der Waals surface area contributed by atoms with Gasteiger partial charge in [0.05, 0.1) is 45.2 Å². The maximum Gasteiger partial charge on any atom is 0.179 e. The van der Waals surface area contributed by atoms with E-state index >= 15 is 0 Å². The second kappa shape index (κ2) is 11.3. The SMILES string of the molecule is CCCOc1c(Cl)cc(/C=N/NCc2ccc(OC)c(OC)c2)cc1OCC. The van der Waals surface area contributed by atoms with Crippen molar-refractivity contribution >= 4 is 17.8 Å². The molecule has 0 saturated heterocycles. The van der Waals surface area contributed by atoms with Gasteiger partial charge in [0.2, 0.25) is 0 Å². The minimum Gasteiger partial charge on any atom is -0.493 e. The van der Waals surface area contributed by atoms with Crippen molar-refractivity contribution in [1.29, 1.82) is 0 Å². The van der Waals surface area contributed by atoms with Crippen LogP contribution in [-0.2, 0) is 6.54 Å². The van der Waals surface area contributed by atoms with Crippen LogP contribution in [0.25, 0.3) is 0 Å². The summed E-state index contributed by atoms with van der Waals surface area (Å²) in [5.74, 6) is 2.56. The molecule has 0 aliphatic carbocycles. The number of hydrogen-bond acceptors (Lipinski definition) is 6. The Labute approximate surface area is 171 Å². The fraction of sp³-hybridized carbons (Fsp3) is 0.381. The average molecular weight is 407 g/mol. The van der Waals surface area contributed by atoms with Gasteiger partial charge in [-0.25, -0.2) is 0 Å². The second-order valence-electron chi connectivity index (χ2n) is 5.89. The van der Waals surface area contributed by atoms with Crippen LogP contribution in [0.1, 0.15) is 31.4 Å². The number of nitrogens with one attached hydrogen (secondary N) is 1. The molecule has 0 bridgehead atoms. The fourth-order valence-electron chi connectivity index (χ4n) is 2.52. The Bertz CT molecular complexity index is 796. The number of methoxy groups -OCH3 is 2. The molecule has 2 aromatic carbocycles. The van der Waals surface area contributed by atoms with E-state index in [1.165, 1.54) is 0 Å². The van der Waals surface area contributed by atoms with E-state index in [4.69, 9.17) is 30.5 Å². The van der Waals surface area contributed by atoms with Crippen LogP contribution in [0.5, 0.6) is 23.0 Å². The summed E-state index contributed by atoms with van der Waals surface area (Å²) in [4.78, 5) is 0. The van der Waals surface area contributed by atoms with Gasteiger partial charge in [-0.05, 0) is 48.7 Å². The van der Waals surface area contributed by atoms with Gasteiger partial charge in [-0.15, -0.1) is 0 Å². The summed E-state index contributed by atoms with van der Waals surface area (Å²) in [5.41, 5.74) is 4.85. The van der Waals surface area contributed by atoms with E-state index < -0.39 is 0 Å². The molecule has 0 radical (unpaired) electrons. The van der Waals surface area contributed by atoms with Crippen LogP contribution in [0, 0.1) is 0 Å². The minimum atomic E-state index is 0.501. The molecule has 28 heavy (non-hydrogen) atoms. The first-order chi connectivity index (χ1) is 13.6. The summed E-state index contributed by atoms with van der Waals surface area (Å²) in [6, 6.07) is 9.39. The highest BCUT2D eigenvalue weighted by molar-refractivity contribution is 6.32. The third-order valence-corrected chi connectivity index (χ3v) is 4.10. The molecule has 0 saturated carbocycles. The van der Waals surface area contributed by atoms with Gasteiger partial charge in [0.15, 0.2) is 23.0 Å². The molecule has 0 unspecified atom stereocenters. The van der Waals surface area contributed by atoms with E-state index in [1.807, 2.05) is 38.1 Å². The highest BCUT2D eigenvalue weighted by Crippen LogP contribution is 2.36. The van der Waals surface area contributed by atoms with Gasteiger partial charge in [-0.3, -0.25) is 0 Å². The summed E-state index contributed by atoms with van der Waals surface area (Å²) in [6.07, 6.45) is 2.59. The van der Waals surface area contributed by atoms with E-state index in [2.05, 4.69) is 10.5 Å². The van der Waals surface area contributed by atoms with Gasteiger partial charge in [0, 0.05) is 0 Å². The zero-order chi connectivity index (χ0) is 20.4. The Morgan fingerprint density at radius 1 is 1.00 bits per heavy atom. The van der Waals surface area contributed by atoms with Gasteiger partial charge in [-0.2, -0.15) is 5.10 Å². The quantitative estimate of drug-likeness (QED) is 0.434. The lowest BCUT2D eigenvalue weighted by Gasteiger charge is -2.13. The standard InChI is InChI=1S/C21H27ClN2O4/c1-5-9-28-21-17(22)10-16(12-20(21)27-6-2)14-24-23-13-15-7-8-18(25-3)19(11-15)26-4/h7-8,10-12,14,23H,5-6,9,13H2,1-4H3/b24-14+. The summed E-state index contributed by atoms with van der Waals surface area (Å²) in [6.45, 7) is 5.61. The lowest BCUT2D eigenvalue weighted by atomic mass is 10.2. The van der Waals surface area contributed by atoms with Crippen molar-refractivity contribution < 1.29 is 18.9 Å². The van der Waals surface area contributed by atoms with E-state index in [-0.39, 0.29) is 0 Å². The first-order valence-electron chi connectivity index (χ1n) is 9.18. The van der Waals surface area contributed by atoms with Crippen molar-refractivity contribution in [1.82, 2.24) is 5.43 Å². The molecule has 7 heteroatoms. The molecule has 1 N–H and O–H groups in total. The molecule has 152 valence electrons. The maximum atomic E-state index is 6.36. The Hall–Kier alpha value is -2.60. The number of halogens is 1. The van der Waals surface area contributed by atoms with Crippen LogP contribution < -0.4 is 24.4 Å². The van der Waals surface area contributed by atoms with Crippen LogP contribution in [0.2, 0.25) is 5.02 Å². The molecular weight excluding hydrogens is 380 g/mol. The summed E-state index contributed by atoms with van der Waals surface area (Å²) in [7, 11) is 3.22. The molecule has 0 atom stereocenters. The Kier molecular flexibility index (Phi) is 8.75. The van der Waals surface area contributed by atoms with Crippen LogP contribution in [0.4, 0.5) is 0 Å². The lowest BCUT2D eigenvalue weighted by molar-refractivity contribution is 0.277. The number of hydrazone groups is 1. The molecule has 2 aromatic rings. The zero-order valence-corrected chi connectivity index (χ0v) is 17.5. The van der Waals surface area contributed by atoms with Gasteiger partial charge in [0.25, 0.3) is 0 Å². The third-order valence-electron chi connectivity index (χ3n) is 3.82. The summed E-state index contributed by atoms with van der Waals surface area (Å²) in [5, 5.41) is 4.77. The number of hydrogen-bond donors (Lipinski definition) is 1. The fourth-order valence-corrected chi connectivity index (χ4v) is 2.79. The highest BCUT2D eigenvalue weighted by atomic mass is 35.5. The smallest absolute Gasteiger partial charge is 0.179 e. The monoisotopic (exact) mass is 406 g/mol. The first kappa shape index (κ1) is 21.7. The van der Waals surface area contributed by atoms with Crippen LogP contribution in [0.3, 0.4) is 0 Å². The topological polar surface area (TPSA) is 61.3 Å². The molecular formula is C21H27ClN2O4. The molecule has 0 aromatic heterocycles. The Balaban J connectivity index is 2.05. The molecule has 0 aliphatic heterocycles. The Morgan fingerprint density at radius 2 is 1.79 bits per heavy atom. The molecule has 0 amide bonds. The van der Waals surface area contributed by atoms with Crippen LogP contribution >= 0.6 is 11.6 Å². The van der Waals surface area contributed by atoms with Crippen molar-refractivity contribution in [3.05, 3.63) is 46.5 Å². The van der Waals surface area contributed by atoms with E-state index in [9.17, 15) is 0 Å². The van der Waals surface area contributed by atoms with E-state index in [0.29, 0.717) is 47.8 Å². The first-order valence-corrected chi connectivity index (χ1v) is 9.56. The third kappa shape index (κ3) is 5.96. The zero-order valence-electron chi connectivity index (χ0n) is 16.8. The second-order valence-corrected chi connectivity index (χ2v) is 6.30. The van der Waals surface area contributed by atoms with Crippen molar-refractivity contribution in [2.75, 3.05) is 27.4 Å². The maximum absolute atomic E-state index is 6.36. The number of rotatable bonds is 11. The molecule has 0 heterocycles. The van der Waals surface area contributed by atoms with Gasteiger partial charge >= 0.3 is 0 Å². The average Bonchev–Trinajstić information content (AvgIpc) is 2.70. The van der Waals surface area contributed by atoms with Crippen LogP contribution in [0.15, 0.2) is 35.4 Å². The Morgan fingerprint density at radius 3 is 2.46 bits per heavy atom. The summed E-state index contributed by atoms with van der Waals surface area (Å²) < 4.78 is 21.9. The number of ether oxygens (including phenoxy) is 4. The molecule has 0 spiro atoms. The molecule has 6 nitrogen and oxygen atoms in total. The largest absolute Gasteiger partial charge is 0.493 e. The lowest BCUT2D eigenvalue weighted by Crippen LogP contribution is -2.06. The van der Waals surface area contributed by atoms with Gasteiger partial charge < -0.3 is 24.4 Å². The van der Waals surface area contributed by atoms with Gasteiger partial charge in [0.1, 0.15) is 0 Å². The number of benzene rings is 2. The predicted octanol–water partition coefficient (Wildman–Crippen LogP) is 4.67. The normalized spacial score (nSPS) is 10.8. The molecule has 0 fully saturated rings. The summed E-state index contributed by atoms with van der Waals surface area (Å²) >= 11 is 6.36. The van der Waals surface area contributed by atoms with Crippen LogP contribution in [-0.4, -0.2) is 33.6 Å². The van der Waals surface area contributed by atoms with E-state index in [0.717, 1.165) is 17.5 Å².